The van der Waals surface area contributed by atoms with Crippen molar-refractivity contribution in [2.75, 3.05) is 30.5 Å². The van der Waals surface area contributed by atoms with Crippen LogP contribution in [-0.2, 0) is 25.7 Å². The van der Waals surface area contributed by atoms with E-state index in [-0.39, 0.29) is 24.6 Å². The molecular weight excluding hydrogens is 312 g/mol. The second kappa shape index (κ2) is 7.16. The van der Waals surface area contributed by atoms with Gasteiger partial charge in [0, 0.05) is 31.5 Å². The number of Topliss-reactive ketones (excluding diaryl/α,β-unsaturated/α-hetero) is 1. The van der Waals surface area contributed by atoms with Crippen LogP contribution in [0.2, 0.25) is 0 Å². The van der Waals surface area contributed by atoms with Crippen LogP contribution < -0.4 is 9.80 Å². The second-order valence-electron chi connectivity index (χ2n) is 5.36. The van der Waals surface area contributed by atoms with E-state index in [1.54, 1.807) is 38.1 Å². The summed E-state index contributed by atoms with van der Waals surface area (Å²) in [5.74, 6) is -1.02. The Morgan fingerprint density at radius 1 is 1.42 bits per heavy atom. The van der Waals surface area contributed by atoms with E-state index >= 15 is 0 Å². The van der Waals surface area contributed by atoms with Gasteiger partial charge in [-0.2, -0.15) is 0 Å². The van der Waals surface area contributed by atoms with Crippen LogP contribution in [0.25, 0.3) is 0 Å². The van der Waals surface area contributed by atoms with E-state index in [9.17, 15) is 14.4 Å². The summed E-state index contributed by atoms with van der Waals surface area (Å²) in [5, 5.41) is 0. The predicted molar refractivity (Wildman–Crippen MR) is 88.8 cm³/mol. The van der Waals surface area contributed by atoms with Crippen LogP contribution in [0.4, 0.5) is 16.2 Å². The molecule has 1 aromatic rings. The number of carbonyl (C=O) groups excluding carboxylic acids is 3. The number of hydrogen-bond acceptors (Lipinski definition) is 6. The molecule has 0 atom stereocenters. The fourth-order valence-corrected chi connectivity index (χ4v) is 2.33. The molecule has 0 aromatic heterocycles. The first-order chi connectivity index (χ1) is 11.3. The second-order valence-corrected chi connectivity index (χ2v) is 5.36. The lowest BCUT2D eigenvalue weighted by Crippen LogP contribution is -2.32. The van der Waals surface area contributed by atoms with Crippen molar-refractivity contribution in [3.05, 3.63) is 35.5 Å². The lowest BCUT2D eigenvalue weighted by molar-refractivity contribution is -0.139. The van der Waals surface area contributed by atoms with Gasteiger partial charge in [0.2, 0.25) is 0 Å². The number of esters is 1. The Morgan fingerprint density at radius 2 is 2.12 bits per heavy atom. The number of ether oxygens (including phenoxy) is 2. The van der Waals surface area contributed by atoms with Crippen molar-refractivity contribution in [3.63, 3.8) is 0 Å². The summed E-state index contributed by atoms with van der Waals surface area (Å²) in [4.78, 5) is 38.2. The smallest absolute Gasteiger partial charge is 0.414 e. The predicted octanol–water partition coefficient (Wildman–Crippen LogP) is 2.25. The molecule has 2 rings (SSSR count). The van der Waals surface area contributed by atoms with Crippen molar-refractivity contribution in [2.45, 2.75) is 20.5 Å². The minimum absolute atomic E-state index is 0.0272. The zero-order chi connectivity index (χ0) is 17.9. The van der Waals surface area contributed by atoms with Crippen LogP contribution in [0.15, 0.2) is 30.0 Å². The van der Waals surface area contributed by atoms with Crippen LogP contribution in [0.1, 0.15) is 19.4 Å². The monoisotopic (exact) mass is 332 g/mol. The number of nitrogens with zero attached hydrogens (tertiary/aromatic N) is 2. The first-order valence-electron chi connectivity index (χ1n) is 7.51. The zero-order valence-electron chi connectivity index (χ0n) is 14.2. The highest BCUT2D eigenvalue weighted by atomic mass is 16.6. The number of cyclic esters (lactones) is 1. The summed E-state index contributed by atoms with van der Waals surface area (Å²) in [6.07, 6.45) is 1.05. The van der Waals surface area contributed by atoms with Crippen LogP contribution in [-0.4, -0.2) is 38.5 Å². The molecule has 0 N–H and O–H groups in total. The fourth-order valence-electron chi connectivity index (χ4n) is 2.33. The molecule has 1 aliphatic heterocycles. The lowest BCUT2D eigenvalue weighted by Gasteiger charge is -2.27. The SMILES string of the molecule is CCOC(=O)/C(=C/N(C)c1ccc2c(c1)COC(=O)N2C)C(C)=O. The molecule has 0 spiro atoms. The van der Waals surface area contributed by atoms with Gasteiger partial charge in [-0.15, -0.1) is 0 Å². The van der Waals surface area contributed by atoms with E-state index in [0.717, 1.165) is 16.9 Å². The van der Waals surface area contributed by atoms with Crippen LogP contribution in [0.3, 0.4) is 0 Å². The highest BCUT2D eigenvalue weighted by Crippen LogP contribution is 2.30. The normalized spacial score (nSPS) is 13.9. The maximum atomic E-state index is 11.9. The van der Waals surface area contributed by atoms with Gasteiger partial charge in [0.15, 0.2) is 5.78 Å². The van der Waals surface area contributed by atoms with Crippen molar-refractivity contribution in [1.29, 1.82) is 0 Å². The molecule has 0 saturated carbocycles. The van der Waals surface area contributed by atoms with Crippen LogP contribution >= 0.6 is 0 Å². The Balaban J connectivity index is 2.31. The third-order valence-electron chi connectivity index (χ3n) is 3.65. The standard InChI is InChI=1S/C17H20N2O5/c1-5-23-16(21)14(11(2)20)9-18(3)13-6-7-15-12(8-13)10-24-17(22)19(15)4/h6-9H,5,10H2,1-4H3/b14-9+. The number of rotatable bonds is 5. The number of fused-ring (bicyclic) bond motifs is 1. The first kappa shape index (κ1) is 17.5. The number of ketones is 1. The molecule has 0 bridgehead atoms. The number of amides is 1. The number of carbonyl (C=O) groups is 3. The van der Waals surface area contributed by atoms with Gasteiger partial charge in [-0.25, -0.2) is 9.59 Å². The van der Waals surface area contributed by atoms with E-state index in [2.05, 4.69) is 0 Å². The molecule has 7 heteroatoms. The van der Waals surface area contributed by atoms with Crippen LogP contribution in [0, 0.1) is 0 Å². The maximum Gasteiger partial charge on any atom is 0.414 e. The third-order valence-corrected chi connectivity index (χ3v) is 3.65. The molecule has 0 unspecified atom stereocenters. The minimum atomic E-state index is -0.650. The van der Waals surface area contributed by atoms with Gasteiger partial charge in [-0.1, -0.05) is 0 Å². The van der Waals surface area contributed by atoms with Crippen molar-refractivity contribution in [2.24, 2.45) is 0 Å². The number of hydrogen-bond donors (Lipinski definition) is 0. The van der Waals surface area contributed by atoms with Gasteiger partial charge < -0.3 is 14.4 Å². The molecule has 1 aromatic carbocycles. The van der Waals surface area contributed by atoms with Crippen molar-refractivity contribution in [1.82, 2.24) is 0 Å². The molecule has 7 nitrogen and oxygen atoms in total. The molecular formula is C17H20N2O5. The van der Waals surface area contributed by atoms with E-state index in [4.69, 9.17) is 9.47 Å². The Bertz CT molecular complexity index is 711. The van der Waals surface area contributed by atoms with E-state index in [0.29, 0.717) is 0 Å². The quantitative estimate of drug-likeness (QED) is 0.356. The summed E-state index contributed by atoms with van der Waals surface area (Å²) in [6, 6.07) is 5.44. The Hall–Kier alpha value is -2.83. The Morgan fingerprint density at radius 3 is 2.75 bits per heavy atom. The van der Waals surface area contributed by atoms with Gasteiger partial charge in [0.1, 0.15) is 12.2 Å². The van der Waals surface area contributed by atoms with E-state index in [1.807, 2.05) is 6.07 Å². The molecule has 0 fully saturated rings. The summed E-state index contributed by atoms with van der Waals surface area (Å²) < 4.78 is 9.97. The fraction of sp³-hybridized carbons (Fsp3) is 0.353. The Kier molecular flexibility index (Phi) is 5.23. The molecule has 1 aliphatic rings. The minimum Gasteiger partial charge on any atom is -0.462 e. The third kappa shape index (κ3) is 3.56. The molecule has 24 heavy (non-hydrogen) atoms. The van der Waals surface area contributed by atoms with E-state index < -0.39 is 12.1 Å². The zero-order valence-corrected chi connectivity index (χ0v) is 14.2. The topological polar surface area (TPSA) is 76.2 Å². The summed E-state index contributed by atoms with van der Waals surface area (Å²) in [7, 11) is 3.36. The molecule has 1 heterocycles. The summed E-state index contributed by atoms with van der Waals surface area (Å²) in [6.45, 7) is 3.38. The highest BCUT2D eigenvalue weighted by Gasteiger charge is 2.23. The molecule has 0 aliphatic carbocycles. The molecule has 0 saturated heterocycles. The number of anilines is 2. The van der Waals surface area contributed by atoms with Gasteiger partial charge in [-0.3, -0.25) is 9.69 Å². The lowest BCUT2D eigenvalue weighted by atomic mass is 10.1. The van der Waals surface area contributed by atoms with Crippen LogP contribution in [0.5, 0.6) is 0 Å². The number of benzene rings is 1. The van der Waals surface area contributed by atoms with E-state index in [1.165, 1.54) is 18.0 Å². The molecule has 128 valence electrons. The average molecular weight is 332 g/mol. The van der Waals surface area contributed by atoms with Crippen molar-refractivity contribution < 1.29 is 23.9 Å². The van der Waals surface area contributed by atoms with Crippen molar-refractivity contribution >= 4 is 29.2 Å². The van der Waals surface area contributed by atoms with Crippen molar-refractivity contribution in [3.8, 4) is 0 Å². The Labute approximate surface area is 140 Å². The summed E-state index contributed by atoms with van der Waals surface area (Å²) in [5.41, 5.74) is 2.34. The van der Waals surface area contributed by atoms with Gasteiger partial charge in [-0.05, 0) is 32.0 Å². The average Bonchev–Trinajstić information content (AvgIpc) is 2.55. The first-order valence-corrected chi connectivity index (χ1v) is 7.51. The van der Waals surface area contributed by atoms with Gasteiger partial charge in [0.05, 0.1) is 12.3 Å². The van der Waals surface area contributed by atoms with Gasteiger partial charge >= 0.3 is 12.1 Å². The van der Waals surface area contributed by atoms with Gasteiger partial charge in [0.25, 0.3) is 0 Å². The summed E-state index contributed by atoms with van der Waals surface area (Å²) >= 11 is 0. The molecule has 1 amide bonds. The highest BCUT2D eigenvalue weighted by molar-refractivity contribution is 6.16. The largest absolute Gasteiger partial charge is 0.462 e. The maximum absolute atomic E-state index is 11.9. The molecule has 0 radical (unpaired) electrons.